The summed E-state index contributed by atoms with van der Waals surface area (Å²) in [4.78, 5) is 24.3. The van der Waals surface area contributed by atoms with Crippen molar-refractivity contribution in [1.82, 2.24) is 0 Å². The lowest BCUT2D eigenvalue weighted by atomic mass is 9.67. The first kappa shape index (κ1) is 12.6. The number of fused-ring (bicyclic) bond motifs is 2. The molecule has 2 aliphatic rings. The third kappa shape index (κ3) is 1.28. The minimum absolute atomic E-state index is 0.0930. The van der Waals surface area contributed by atoms with Gasteiger partial charge in [-0.1, -0.05) is 20.4 Å². The Hall–Kier alpha value is -0.890. The van der Waals surface area contributed by atoms with Crippen LogP contribution in [-0.4, -0.2) is 17.1 Å². The maximum Gasteiger partial charge on any atom is 0.313 e. The minimum Gasteiger partial charge on any atom is -0.450 e. The molecule has 2 bridgehead atoms. The van der Waals surface area contributed by atoms with Crippen LogP contribution in [0.5, 0.6) is 0 Å². The molecule has 2 fully saturated rings. The van der Waals surface area contributed by atoms with Crippen LogP contribution >= 0.6 is 8.58 Å². The molecule has 5 heteroatoms. The third-order valence-corrected chi connectivity index (χ3v) is 5.68. The summed E-state index contributed by atoms with van der Waals surface area (Å²) >= 11 is 0. The monoisotopic (exact) mass is 255 g/mol. The second kappa shape index (κ2) is 3.32. The van der Waals surface area contributed by atoms with E-state index in [2.05, 4.69) is 6.58 Å². The number of hydrogen-bond acceptors (Lipinski definition) is 4. The van der Waals surface area contributed by atoms with Gasteiger partial charge in [-0.15, -0.1) is 0 Å². The Morgan fingerprint density at radius 1 is 1.41 bits per heavy atom. The first-order valence-corrected chi connectivity index (χ1v) is 6.67. The first-order chi connectivity index (χ1) is 7.67. The maximum absolute atomic E-state index is 12.3. The number of hydrogen-bond donors (Lipinski definition) is 1. The molecule has 0 aromatic heterocycles. The fourth-order valence-electron chi connectivity index (χ4n) is 2.99. The number of nitrogens with two attached hydrogens (primary N) is 1. The number of carbonyl (C=O) groups excluding carboxylic acids is 2. The zero-order valence-corrected chi connectivity index (χ0v) is 11.4. The molecule has 0 aromatic rings. The van der Waals surface area contributed by atoms with Crippen LogP contribution in [0.2, 0.25) is 0 Å². The molecule has 2 N–H and O–H groups in total. The van der Waals surface area contributed by atoms with Gasteiger partial charge in [0.05, 0.1) is 5.41 Å². The Morgan fingerprint density at radius 3 is 2.35 bits per heavy atom. The zero-order valence-electron chi connectivity index (χ0n) is 10.4. The molecule has 1 saturated carbocycles. The Kier molecular flexibility index (Phi) is 2.45. The summed E-state index contributed by atoms with van der Waals surface area (Å²) in [6.45, 7) is 9.32. The van der Waals surface area contributed by atoms with E-state index < -0.39 is 16.4 Å². The SMILES string of the molecule is C=C(N)PC(=O)C12CCC(C)(C(=O)O1)C2(C)C. The first-order valence-electron chi connectivity index (χ1n) is 5.67. The zero-order chi connectivity index (χ0) is 13.1. The van der Waals surface area contributed by atoms with Crippen LogP contribution in [0, 0.1) is 10.8 Å². The van der Waals surface area contributed by atoms with E-state index in [9.17, 15) is 9.59 Å². The van der Waals surface area contributed by atoms with Crippen molar-refractivity contribution in [3.8, 4) is 0 Å². The molecule has 0 amide bonds. The Balaban J connectivity index is 2.43. The Labute approximate surface area is 103 Å². The van der Waals surface area contributed by atoms with E-state index in [-0.39, 0.29) is 20.1 Å². The molecular weight excluding hydrogens is 237 g/mol. The van der Waals surface area contributed by atoms with E-state index in [0.717, 1.165) is 0 Å². The van der Waals surface area contributed by atoms with Crippen LogP contribution in [0.25, 0.3) is 0 Å². The lowest BCUT2D eigenvalue weighted by Crippen LogP contribution is -2.46. The van der Waals surface area contributed by atoms with E-state index in [4.69, 9.17) is 10.5 Å². The summed E-state index contributed by atoms with van der Waals surface area (Å²) in [7, 11) is -0.189. The second-order valence-corrected chi connectivity index (χ2v) is 7.00. The highest BCUT2D eigenvalue weighted by molar-refractivity contribution is 7.62. The van der Waals surface area contributed by atoms with E-state index in [1.807, 2.05) is 20.8 Å². The molecule has 3 unspecified atom stereocenters. The van der Waals surface area contributed by atoms with Crippen LogP contribution in [0.3, 0.4) is 0 Å². The normalized spacial score (nSPS) is 38.6. The van der Waals surface area contributed by atoms with Gasteiger partial charge in [0.2, 0.25) is 5.52 Å². The predicted molar refractivity (Wildman–Crippen MR) is 66.6 cm³/mol. The molecule has 0 radical (unpaired) electrons. The Morgan fingerprint density at radius 2 is 2.00 bits per heavy atom. The molecule has 3 atom stereocenters. The van der Waals surface area contributed by atoms with Crippen molar-refractivity contribution in [2.24, 2.45) is 16.6 Å². The largest absolute Gasteiger partial charge is 0.450 e. The van der Waals surface area contributed by atoms with Gasteiger partial charge in [-0.2, -0.15) is 0 Å². The molecule has 0 spiro atoms. The van der Waals surface area contributed by atoms with Crippen LogP contribution in [0.1, 0.15) is 33.6 Å². The van der Waals surface area contributed by atoms with Gasteiger partial charge in [0.1, 0.15) is 0 Å². The molecular formula is C12H18NO3P. The highest BCUT2D eigenvalue weighted by atomic mass is 31.1. The molecule has 0 aromatic carbocycles. The van der Waals surface area contributed by atoms with Crippen molar-refractivity contribution in [3.05, 3.63) is 12.0 Å². The van der Waals surface area contributed by atoms with Crippen molar-refractivity contribution in [3.63, 3.8) is 0 Å². The molecule has 2 rings (SSSR count). The summed E-state index contributed by atoms with van der Waals surface area (Å²) in [5, 5.41) is 0. The van der Waals surface area contributed by atoms with Crippen LogP contribution < -0.4 is 5.73 Å². The number of esters is 1. The summed E-state index contributed by atoms with van der Waals surface area (Å²) in [5.41, 5.74) is 3.74. The molecule has 1 aliphatic heterocycles. The second-order valence-electron chi connectivity index (χ2n) is 5.65. The van der Waals surface area contributed by atoms with Crippen molar-refractivity contribution in [1.29, 1.82) is 0 Å². The number of rotatable bonds is 3. The minimum atomic E-state index is -0.987. The van der Waals surface area contributed by atoms with Gasteiger partial charge in [-0.05, 0) is 19.8 Å². The van der Waals surface area contributed by atoms with Crippen molar-refractivity contribution in [2.75, 3.05) is 0 Å². The average molecular weight is 255 g/mol. The summed E-state index contributed by atoms with van der Waals surface area (Å²) in [5.74, 6) is -0.255. The van der Waals surface area contributed by atoms with Crippen LogP contribution in [0.15, 0.2) is 12.0 Å². The fraction of sp³-hybridized carbons (Fsp3) is 0.667. The molecule has 1 heterocycles. The highest BCUT2D eigenvalue weighted by Crippen LogP contribution is 2.67. The molecule has 1 saturated heterocycles. The summed E-state index contributed by atoms with van der Waals surface area (Å²) < 4.78 is 5.45. The van der Waals surface area contributed by atoms with Gasteiger partial charge in [-0.25, -0.2) is 0 Å². The summed E-state index contributed by atoms with van der Waals surface area (Å²) in [6.07, 6.45) is 1.30. The maximum atomic E-state index is 12.3. The van der Waals surface area contributed by atoms with Crippen molar-refractivity contribution in [2.45, 2.75) is 39.2 Å². The molecule has 1 aliphatic carbocycles. The lowest BCUT2D eigenvalue weighted by molar-refractivity contribution is -0.163. The lowest BCUT2D eigenvalue weighted by Gasteiger charge is -2.35. The average Bonchev–Trinajstić information content (AvgIpc) is 2.47. The predicted octanol–water partition coefficient (Wildman–Crippen LogP) is 1.74. The van der Waals surface area contributed by atoms with Crippen LogP contribution in [0.4, 0.5) is 0 Å². The van der Waals surface area contributed by atoms with Gasteiger partial charge in [0, 0.05) is 19.4 Å². The quantitative estimate of drug-likeness (QED) is 0.616. The van der Waals surface area contributed by atoms with E-state index in [1.54, 1.807) is 0 Å². The summed E-state index contributed by atoms with van der Waals surface area (Å²) in [6, 6.07) is 0. The van der Waals surface area contributed by atoms with Crippen molar-refractivity contribution >= 4 is 20.1 Å². The standard InChI is InChI=1S/C12H18NO3P/c1-7(13)17-9(15)12-6-5-11(4,8(14)16-12)10(12,2)3/h17H,1,5-6,13H2,2-4H3. The Bertz CT molecular complexity index is 431. The molecule has 17 heavy (non-hydrogen) atoms. The topological polar surface area (TPSA) is 69.4 Å². The van der Waals surface area contributed by atoms with E-state index in [1.165, 1.54) is 0 Å². The number of carbonyl (C=O) groups is 2. The fourth-order valence-corrected chi connectivity index (χ4v) is 3.98. The van der Waals surface area contributed by atoms with E-state index in [0.29, 0.717) is 18.3 Å². The number of ether oxygens (including phenoxy) is 1. The van der Waals surface area contributed by atoms with Gasteiger partial charge in [0.25, 0.3) is 0 Å². The van der Waals surface area contributed by atoms with Gasteiger partial charge in [-0.3, -0.25) is 9.59 Å². The molecule has 4 nitrogen and oxygen atoms in total. The van der Waals surface area contributed by atoms with Crippen LogP contribution in [-0.2, 0) is 14.3 Å². The van der Waals surface area contributed by atoms with E-state index >= 15 is 0 Å². The smallest absolute Gasteiger partial charge is 0.313 e. The van der Waals surface area contributed by atoms with Gasteiger partial charge >= 0.3 is 5.97 Å². The third-order valence-electron chi connectivity index (χ3n) is 4.72. The molecule has 94 valence electrons. The highest BCUT2D eigenvalue weighted by Gasteiger charge is 2.75. The van der Waals surface area contributed by atoms with Crippen molar-refractivity contribution < 1.29 is 14.3 Å². The van der Waals surface area contributed by atoms with Gasteiger partial charge < -0.3 is 10.5 Å². The van der Waals surface area contributed by atoms with Gasteiger partial charge in [0.15, 0.2) is 5.60 Å².